The van der Waals surface area contributed by atoms with Gasteiger partial charge >= 0.3 is 5.69 Å². The molecule has 0 fully saturated rings. The Hall–Kier alpha value is -2.65. The average molecular weight is 283 g/mol. The molecule has 2 heterocycles. The number of nitriles is 1. The normalized spacial score (nSPS) is 10.6. The van der Waals surface area contributed by atoms with Gasteiger partial charge in [-0.1, -0.05) is 30.3 Å². The third kappa shape index (κ3) is 1.85. The van der Waals surface area contributed by atoms with E-state index in [1.54, 1.807) is 0 Å². The van der Waals surface area contributed by atoms with Crippen LogP contribution in [0, 0.1) is 11.3 Å². The van der Waals surface area contributed by atoms with Gasteiger partial charge in [-0.05, 0) is 5.56 Å². The standard InChI is InChI=1S/C14H9N3O2S/c15-6-7-17-13(18)11-10(9-4-2-1-3-5-9)8-20-12(11)16-14(17)19/h1-5,8H,7H2,(H,16,19). The summed E-state index contributed by atoms with van der Waals surface area (Å²) in [5, 5.41) is 11.0. The minimum absolute atomic E-state index is 0.256. The second-order valence-electron chi connectivity index (χ2n) is 4.20. The molecule has 0 radical (unpaired) electrons. The van der Waals surface area contributed by atoms with E-state index in [0.717, 1.165) is 15.7 Å². The molecule has 3 aromatic rings. The molecule has 0 aliphatic rings. The molecule has 0 unspecified atom stereocenters. The molecule has 1 N–H and O–H groups in total. The fourth-order valence-electron chi connectivity index (χ4n) is 2.10. The lowest BCUT2D eigenvalue weighted by molar-refractivity contribution is 0.737. The predicted molar refractivity (Wildman–Crippen MR) is 77.8 cm³/mol. The number of rotatable bonds is 2. The van der Waals surface area contributed by atoms with Crippen molar-refractivity contribution in [2.24, 2.45) is 0 Å². The quantitative estimate of drug-likeness (QED) is 0.780. The van der Waals surface area contributed by atoms with Crippen LogP contribution in [0.25, 0.3) is 21.3 Å². The van der Waals surface area contributed by atoms with Crippen molar-refractivity contribution in [3.63, 3.8) is 0 Å². The lowest BCUT2D eigenvalue weighted by Gasteiger charge is -2.01. The number of H-pyrrole nitrogens is 1. The molecule has 0 aliphatic heterocycles. The zero-order chi connectivity index (χ0) is 14.1. The van der Waals surface area contributed by atoms with Gasteiger partial charge in [0.25, 0.3) is 5.56 Å². The maximum absolute atomic E-state index is 12.4. The summed E-state index contributed by atoms with van der Waals surface area (Å²) < 4.78 is 0.918. The summed E-state index contributed by atoms with van der Waals surface area (Å²) in [4.78, 5) is 27.3. The summed E-state index contributed by atoms with van der Waals surface area (Å²) in [5.74, 6) is 0. The molecule has 0 bridgehead atoms. The van der Waals surface area contributed by atoms with E-state index < -0.39 is 11.2 Å². The molecule has 1 aromatic carbocycles. The first-order chi connectivity index (χ1) is 9.72. The van der Waals surface area contributed by atoms with E-state index in [-0.39, 0.29) is 6.54 Å². The smallest absolute Gasteiger partial charge is 0.298 e. The van der Waals surface area contributed by atoms with Gasteiger partial charge in [0.15, 0.2) is 0 Å². The minimum atomic E-state index is -0.550. The summed E-state index contributed by atoms with van der Waals surface area (Å²) >= 11 is 1.31. The summed E-state index contributed by atoms with van der Waals surface area (Å²) in [6.45, 7) is -0.256. The molecule has 6 heteroatoms. The van der Waals surface area contributed by atoms with Crippen molar-refractivity contribution in [2.45, 2.75) is 6.54 Å². The fraction of sp³-hybridized carbons (Fsp3) is 0.0714. The Kier molecular flexibility index (Phi) is 2.97. The largest absolute Gasteiger partial charge is 0.330 e. The van der Waals surface area contributed by atoms with Crippen molar-refractivity contribution in [3.8, 4) is 17.2 Å². The van der Waals surface area contributed by atoms with Crippen LogP contribution in [-0.2, 0) is 6.54 Å². The number of fused-ring (bicyclic) bond motifs is 1. The first kappa shape index (κ1) is 12.4. The van der Waals surface area contributed by atoms with Crippen LogP contribution in [0.5, 0.6) is 0 Å². The Morgan fingerprint density at radius 2 is 2.00 bits per heavy atom. The molecule has 5 nitrogen and oxygen atoms in total. The highest BCUT2D eigenvalue weighted by molar-refractivity contribution is 7.17. The van der Waals surface area contributed by atoms with E-state index >= 15 is 0 Å². The van der Waals surface area contributed by atoms with Crippen molar-refractivity contribution < 1.29 is 0 Å². The van der Waals surface area contributed by atoms with Crippen LogP contribution in [0.2, 0.25) is 0 Å². The third-order valence-electron chi connectivity index (χ3n) is 3.03. The number of aromatic nitrogens is 2. The summed E-state index contributed by atoms with van der Waals surface area (Å²) in [7, 11) is 0. The van der Waals surface area contributed by atoms with Gasteiger partial charge in [0.05, 0.1) is 11.5 Å². The van der Waals surface area contributed by atoms with E-state index in [1.165, 1.54) is 11.3 Å². The third-order valence-corrected chi connectivity index (χ3v) is 3.92. The van der Waals surface area contributed by atoms with Crippen molar-refractivity contribution in [2.75, 3.05) is 0 Å². The number of thiophene rings is 1. The van der Waals surface area contributed by atoms with E-state index in [0.29, 0.717) is 10.2 Å². The second-order valence-corrected chi connectivity index (χ2v) is 5.08. The topological polar surface area (TPSA) is 78.7 Å². The van der Waals surface area contributed by atoms with Gasteiger partial charge in [0.1, 0.15) is 11.4 Å². The fourth-order valence-corrected chi connectivity index (χ4v) is 3.05. The molecule has 0 aliphatic carbocycles. The van der Waals surface area contributed by atoms with Crippen LogP contribution in [0.4, 0.5) is 0 Å². The molecule has 0 saturated heterocycles. The van der Waals surface area contributed by atoms with E-state index in [1.807, 2.05) is 41.8 Å². The Labute approximate surface area is 117 Å². The molecule has 0 atom stereocenters. The van der Waals surface area contributed by atoms with Crippen LogP contribution in [0.1, 0.15) is 0 Å². The van der Waals surface area contributed by atoms with Gasteiger partial charge in [-0.2, -0.15) is 5.26 Å². The highest BCUT2D eigenvalue weighted by atomic mass is 32.1. The van der Waals surface area contributed by atoms with Crippen LogP contribution in [0.3, 0.4) is 0 Å². The maximum atomic E-state index is 12.4. The van der Waals surface area contributed by atoms with Gasteiger partial charge < -0.3 is 0 Å². The van der Waals surface area contributed by atoms with Crippen LogP contribution in [0.15, 0.2) is 45.3 Å². The van der Waals surface area contributed by atoms with Gasteiger partial charge in [0.2, 0.25) is 0 Å². The number of nitrogens with one attached hydrogen (secondary N) is 1. The average Bonchev–Trinajstić information content (AvgIpc) is 2.88. The summed E-state index contributed by atoms with van der Waals surface area (Å²) in [6.07, 6.45) is 0. The predicted octanol–water partition coefficient (Wildman–Crippen LogP) is 1.94. The molecule has 0 saturated carbocycles. The van der Waals surface area contributed by atoms with E-state index in [2.05, 4.69) is 4.98 Å². The van der Waals surface area contributed by atoms with Crippen LogP contribution in [-0.4, -0.2) is 9.55 Å². The number of hydrogen-bond donors (Lipinski definition) is 1. The Balaban J connectivity index is 2.38. The zero-order valence-electron chi connectivity index (χ0n) is 10.3. The molecule has 3 rings (SSSR count). The van der Waals surface area contributed by atoms with Gasteiger partial charge in [-0.25, -0.2) is 9.36 Å². The molecular formula is C14H9N3O2S. The SMILES string of the molecule is N#CCn1c(=O)[nH]c2scc(-c3ccccc3)c2c1=O. The lowest BCUT2D eigenvalue weighted by atomic mass is 10.1. The Bertz CT molecular complexity index is 929. The summed E-state index contributed by atoms with van der Waals surface area (Å²) in [5.41, 5.74) is 0.709. The molecule has 0 amide bonds. The molecule has 2 aromatic heterocycles. The highest BCUT2D eigenvalue weighted by Crippen LogP contribution is 2.29. The van der Waals surface area contributed by atoms with Gasteiger partial charge in [-0.3, -0.25) is 9.78 Å². The number of benzene rings is 1. The minimum Gasteiger partial charge on any atom is -0.298 e. The number of nitrogens with zero attached hydrogens (tertiary/aromatic N) is 2. The van der Waals surface area contributed by atoms with E-state index in [4.69, 9.17) is 5.26 Å². The molecule has 98 valence electrons. The monoisotopic (exact) mass is 283 g/mol. The number of aromatic amines is 1. The number of hydrogen-bond acceptors (Lipinski definition) is 4. The maximum Gasteiger partial charge on any atom is 0.330 e. The zero-order valence-corrected chi connectivity index (χ0v) is 11.1. The molecule has 20 heavy (non-hydrogen) atoms. The second kappa shape index (κ2) is 4.79. The van der Waals surface area contributed by atoms with Crippen molar-refractivity contribution in [1.29, 1.82) is 5.26 Å². The Morgan fingerprint density at radius 1 is 1.25 bits per heavy atom. The molecular weight excluding hydrogens is 274 g/mol. The first-order valence-electron chi connectivity index (χ1n) is 5.89. The van der Waals surface area contributed by atoms with Crippen LogP contribution < -0.4 is 11.2 Å². The van der Waals surface area contributed by atoms with Crippen molar-refractivity contribution >= 4 is 21.6 Å². The van der Waals surface area contributed by atoms with Crippen molar-refractivity contribution in [3.05, 3.63) is 56.5 Å². The van der Waals surface area contributed by atoms with Crippen LogP contribution >= 0.6 is 11.3 Å². The van der Waals surface area contributed by atoms with Gasteiger partial charge in [0, 0.05) is 10.9 Å². The molecule has 0 spiro atoms. The first-order valence-corrected chi connectivity index (χ1v) is 6.77. The lowest BCUT2D eigenvalue weighted by Crippen LogP contribution is -2.34. The highest BCUT2D eigenvalue weighted by Gasteiger charge is 2.14. The van der Waals surface area contributed by atoms with Gasteiger partial charge in [-0.15, -0.1) is 11.3 Å². The Morgan fingerprint density at radius 3 is 2.70 bits per heavy atom. The summed E-state index contributed by atoms with van der Waals surface area (Å²) in [6, 6.07) is 11.3. The van der Waals surface area contributed by atoms with Crippen molar-refractivity contribution in [1.82, 2.24) is 9.55 Å². The van der Waals surface area contributed by atoms with E-state index in [9.17, 15) is 9.59 Å².